The number of nitrogens with zero attached hydrogens (tertiary/aromatic N) is 5. The molecule has 1 unspecified atom stereocenters. The van der Waals surface area contributed by atoms with Crippen LogP contribution < -0.4 is 5.32 Å². The van der Waals surface area contributed by atoms with Gasteiger partial charge in [-0.3, -0.25) is 9.36 Å². The van der Waals surface area contributed by atoms with E-state index >= 15 is 0 Å². The highest BCUT2D eigenvalue weighted by Crippen LogP contribution is 2.35. The van der Waals surface area contributed by atoms with Crippen molar-refractivity contribution in [3.8, 4) is 0 Å². The SMILES string of the molecule is CC(C)OC(=O)OC(O)CC(=O)N(CC1CC1)C[C@H]1O[C@@H](n2cnc3c(NC4CCCC4)nc(Cl)nc32)[C@H](O)[C@@H]1O. The van der Waals surface area contributed by atoms with Gasteiger partial charge in [-0.25, -0.2) is 9.78 Å². The molecule has 15 heteroatoms. The number of aliphatic hydroxyl groups excluding tert-OH is 3. The molecule has 1 amide bonds. The third kappa shape index (κ3) is 7.17. The summed E-state index contributed by atoms with van der Waals surface area (Å²) < 4.78 is 17.2. The first-order valence-electron chi connectivity index (χ1n) is 14.1. The van der Waals surface area contributed by atoms with Crippen molar-refractivity contribution in [3.05, 3.63) is 11.6 Å². The van der Waals surface area contributed by atoms with Gasteiger partial charge in [-0.2, -0.15) is 9.97 Å². The molecular weight excluding hydrogens is 560 g/mol. The fourth-order valence-corrected chi connectivity index (χ4v) is 5.47. The predicted octanol–water partition coefficient (Wildman–Crippen LogP) is 1.96. The number of anilines is 1. The molecule has 1 aliphatic heterocycles. The number of halogens is 1. The summed E-state index contributed by atoms with van der Waals surface area (Å²) in [5, 5.41) is 35.4. The molecule has 226 valence electrons. The van der Waals surface area contributed by atoms with Crippen LogP contribution in [0.4, 0.5) is 10.6 Å². The van der Waals surface area contributed by atoms with Crippen LogP contribution in [0.3, 0.4) is 0 Å². The van der Waals surface area contributed by atoms with Crippen LogP contribution >= 0.6 is 11.6 Å². The van der Waals surface area contributed by atoms with E-state index in [9.17, 15) is 24.9 Å². The zero-order valence-corrected chi connectivity index (χ0v) is 23.8. The number of hydrogen-bond acceptors (Lipinski definition) is 12. The Labute approximate surface area is 241 Å². The average Bonchev–Trinajstić information content (AvgIpc) is 3.25. The molecule has 5 rings (SSSR count). The largest absolute Gasteiger partial charge is 0.510 e. The Kier molecular flexibility index (Phi) is 9.14. The summed E-state index contributed by atoms with van der Waals surface area (Å²) in [5.41, 5.74) is 0.799. The number of hydrogen-bond donors (Lipinski definition) is 4. The lowest BCUT2D eigenvalue weighted by atomic mass is 10.1. The fourth-order valence-electron chi connectivity index (χ4n) is 5.31. The summed E-state index contributed by atoms with van der Waals surface area (Å²) in [5.74, 6) is 0.282. The molecule has 14 nitrogen and oxygen atoms in total. The predicted molar refractivity (Wildman–Crippen MR) is 145 cm³/mol. The van der Waals surface area contributed by atoms with E-state index in [4.69, 9.17) is 25.8 Å². The number of aromatic nitrogens is 4. The van der Waals surface area contributed by atoms with Crippen LogP contribution in [-0.2, 0) is 19.0 Å². The topological polar surface area (TPSA) is 181 Å². The van der Waals surface area contributed by atoms with Crippen molar-refractivity contribution >= 4 is 40.6 Å². The number of carbonyl (C=O) groups excluding carboxylic acids is 2. The highest BCUT2D eigenvalue weighted by molar-refractivity contribution is 6.28. The average molecular weight is 597 g/mol. The quantitative estimate of drug-likeness (QED) is 0.168. The Morgan fingerprint density at radius 1 is 1.15 bits per heavy atom. The van der Waals surface area contributed by atoms with Crippen molar-refractivity contribution in [1.29, 1.82) is 0 Å². The highest BCUT2D eigenvalue weighted by Gasteiger charge is 2.46. The maximum absolute atomic E-state index is 13.1. The second-order valence-electron chi connectivity index (χ2n) is 11.3. The van der Waals surface area contributed by atoms with Crippen molar-refractivity contribution in [2.45, 2.75) is 102 Å². The maximum Gasteiger partial charge on any atom is 0.510 e. The smallest absolute Gasteiger partial charge is 0.432 e. The van der Waals surface area contributed by atoms with Gasteiger partial charge in [0.15, 0.2) is 23.2 Å². The zero-order chi connectivity index (χ0) is 29.3. The highest BCUT2D eigenvalue weighted by atomic mass is 35.5. The third-order valence-corrected chi connectivity index (χ3v) is 7.71. The number of rotatable bonds is 11. The summed E-state index contributed by atoms with van der Waals surface area (Å²) in [6.07, 6.45) is -0.753. The van der Waals surface area contributed by atoms with Gasteiger partial charge in [0.1, 0.15) is 18.3 Å². The van der Waals surface area contributed by atoms with Crippen LogP contribution in [-0.4, -0.2) is 102 Å². The minimum absolute atomic E-state index is 0.00332. The second kappa shape index (κ2) is 12.6. The molecule has 3 heterocycles. The number of fused-ring (bicyclic) bond motifs is 1. The number of aliphatic hydroxyl groups is 3. The molecule has 0 aromatic carbocycles. The van der Waals surface area contributed by atoms with Crippen molar-refractivity contribution in [2.24, 2.45) is 5.92 Å². The number of carbonyl (C=O) groups is 2. The molecular formula is C26H37ClN6O8. The lowest BCUT2D eigenvalue weighted by molar-refractivity contribution is -0.145. The minimum atomic E-state index is -1.70. The molecule has 2 aliphatic carbocycles. The van der Waals surface area contributed by atoms with Gasteiger partial charge in [-0.05, 0) is 57.0 Å². The van der Waals surface area contributed by atoms with E-state index in [2.05, 4.69) is 20.3 Å². The van der Waals surface area contributed by atoms with Crippen molar-refractivity contribution in [3.63, 3.8) is 0 Å². The van der Waals surface area contributed by atoms with Crippen LogP contribution in [0.1, 0.15) is 65.0 Å². The molecule has 2 saturated carbocycles. The summed E-state index contributed by atoms with van der Waals surface area (Å²) >= 11 is 6.23. The molecule has 5 atom stereocenters. The summed E-state index contributed by atoms with van der Waals surface area (Å²) in [4.78, 5) is 39.3. The van der Waals surface area contributed by atoms with E-state index in [0.29, 0.717) is 23.5 Å². The van der Waals surface area contributed by atoms with Crippen molar-refractivity contribution in [1.82, 2.24) is 24.4 Å². The van der Waals surface area contributed by atoms with Crippen LogP contribution in [0.15, 0.2) is 6.33 Å². The summed E-state index contributed by atoms with van der Waals surface area (Å²) in [6, 6.07) is 0.258. The van der Waals surface area contributed by atoms with E-state index < -0.39 is 55.4 Å². The van der Waals surface area contributed by atoms with Crippen LogP contribution in [0, 0.1) is 5.92 Å². The maximum atomic E-state index is 13.1. The molecule has 41 heavy (non-hydrogen) atoms. The van der Waals surface area contributed by atoms with Crippen molar-refractivity contribution in [2.75, 3.05) is 18.4 Å². The van der Waals surface area contributed by atoms with Gasteiger partial charge in [-0.15, -0.1) is 0 Å². The molecule has 0 spiro atoms. The van der Waals surface area contributed by atoms with Gasteiger partial charge < -0.3 is 39.7 Å². The van der Waals surface area contributed by atoms with E-state index in [0.717, 1.165) is 38.5 Å². The first kappa shape index (κ1) is 29.7. The van der Waals surface area contributed by atoms with Gasteiger partial charge in [0, 0.05) is 19.1 Å². The van der Waals surface area contributed by atoms with Gasteiger partial charge >= 0.3 is 6.16 Å². The molecule has 0 bridgehead atoms. The minimum Gasteiger partial charge on any atom is -0.432 e. The van der Waals surface area contributed by atoms with Crippen molar-refractivity contribution < 1.29 is 39.1 Å². The molecule has 2 aromatic heterocycles. The molecule has 0 radical (unpaired) electrons. The summed E-state index contributed by atoms with van der Waals surface area (Å²) in [6.45, 7) is 3.59. The Bertz CT molecular complexity index is 1240. The van der Waals surface area contributed by atoms with Gasteiger partial charge in [0.2, 0.25) is 17.5 Å². The van der Waals surface area contributed by atoms with E-state index in [1.807, 2.05) is 0 Å². The molecule has 4 N–H and O–H groups in total. The fraction of sp³-hybridized carbons (Fsp3) is 0.731. The number of amides is 1. The second-order valence-corrected chi connectivity index (χ2v) is 11.6. The molecule has 1 saturated heterocycles. The first-order chi connectivity index (χ1) is 19.6. The zero-order valence-electron chi connectivity index (χ0n) is 23.1. The Morgan fingerprint density at radius 2 is 1.88 bits per heavy atom. The lowest BCUT2D eigenvalue weighted by Gasteiger charge is -2.27. The number of imidazole rings is 1. The van der Waals surface area contributed by atoms with Gasteiger partial charge in [-0.1, -0.05) is 12.8 Å². The van der Waals surface area contributed by atoms with Crippen LogP contribution in [0.2, 0.25) is 5.28 Å². The summed E-state index contributed by atoms with van der Waals surface area (Å²) in [7, 11) is 0. The lowest BCUT2D eigenvalue weighted by Crippen LogP contribution is -2.44. The molecule has 3 fully saturated rings. The monoisotopic (exact) mass is 596 g/mol. The van der Waals surface area contributed by atoms with Gasteiger partial charge in [0.25, 0.3) is 0 Å². The van der Waals surface area contributed by atoms with E-state index in [1.54, 1.807) is 13.8 Å². The molecule has 3 aliphatic rings. The van der Waals surface area contributed by atoms with Gasteiger partial charge in [0.05, 0.1) is 18.9 Å². The van der Waals surface area contributed by atoms with Crippen LogP contribution in [0.25, 0.3) is 11.2 Å². The molecule has 2 aromatic rings. The third-order valence-electron chi connectivity index (χ3n) is 7.54. The Balaban J connectivity index is 1.28. The first-order valence-corrected chi connectivity index (χ1v) is 14.5. The number of ether oxygens (including phenoxy) is 3. The Morgan fingerprint density at radius 3 is 2.56 bits per heavy atom. The standard InChI is InChI=1S/C26H37ClN6O8/c1-13(2)39-26(38)41-18(35)9-17(34)32(10-14-7-8-14)11-16-20(36)21(37)24(40-16)33-12-28-19-22(29-15-5-3-4-6-15)30-25(27)31-23(19)33/h12-16,18,20-21,24,35-37H,3-11H2,1-2H3,(H,29,30,31)/t16-,18?,20-,21-,24-/m1/s1. The Hall–Kier alpha value is -2.78. The van der Waals surface area contributed by atoms with Crippen LogP contribution in [0.5, 0.6) is 0 Å². The normalized spacial score (nSPS) is 25.5. The van der Waals surface area contributed by atoms with E-state index in [-0.39, 0.29) is 23.8 Å². The van der Waals surface area contributed by atoms with E-state index in [1.165, 1.54) is 15.8 Å². The number of nitrogens with one attached hydrogen (secondary N) is 1.